The number of hydrogen-bond donors (Lipinski definition) is 0. The molecule has 0 N–H and O–H groups in total. The van der Waals surface area contributed by atoms with E-state index in [0.717, 1.165) is 31.0 Å². The fourth-order valence-electron chi connectivity index (χ4n) is 3.31. The van der Waals surface area contributed by atoms with E-state index in [2.05, 4.69) is 63.2 Å². The van der Waals surface area contributed by atoms with Crippen molar-refractivity contribution in [2.24, 2.45) is 10.9 Å². The minimum atomic E-state index is 0.489. The molecule has 0 spiro atoms. The van der Waals surface area contributed by atoms with Gasteiger partial charge in [-0.2, -0.15) is 0 Å². The molecule has 23 heavy (non-hydrogen) atoms. The average molecular weight is 307 g/mol. The molecule has 0 saturated carbocycles. The molecule has 1 aliphatic rings. The van der Waals surface area contributed by atoms with E-state index in [4.69, 9.17) is 9.73 Å². The molecular weight excluding hydrogens is 282 g/mol. The Morgan fingerprint density at radius 3 is 2.65 bits per heavy atom. The zero-order valence-corrected chi connectivity index (χ0v) is 14.3. The van der Waals surface area contributed by atoms with Gasteiger partial charge in [0.05, 0.1) is 13.2 Å². The van der Waals surface area contributed by atoms with Gasteiger partial charge < -0.3 is 4.74 Å². The first kappa shape index (κ1) is 15.8. The first-order valence-electron chi connectivity index (χ1n) is 8.46. The molecule has 120 valence electrons. The Balaban J connectivity index is 1.87. The second-order valence-corrected chi connectivity index (χ2v) is 6.74. The van der Waals surface area contributed by atoms with Crippen molar-refractivity contribution in [2.45, 2.75) is 39.7 Å². The maximum absolute atomic E-state index is 5.91. The molecule has 0 aliphatic carbocycles. The fourth-order valence-corrected chi connectivity index (χ4v) is 3.31. The van der Waals surface area contributed by atoms with Crippen molar-refractivity contribution < 1.29 is 4.74 Å². The van der Waals surface area contributed by atoms with Crippen LogP contribution in [0.15, 0.2) is 53.5 Å². The molecule has 3 rings (SSSR count). The van der Waals surface area contributed by atoms with Crippen molar-refractivity contribution in [3.63, 3.8) is 0 Å². The van der Waals surface area contributed by atoms with Crippen molar-refractivity contribution in [2.75, 3.05) is 6.61 Å². The molecule has 0 unspecified atom stereocenters. The van der Waals surface area contributed by atoms with Crippen molar-refractivity contribution in [3.05, 3.63) is 65.2 Å². The van der Waals surface area contributed by atoms with Crippen LogP contribution in [0.4, 0.5) is 0 Å². The van der Waals surface area contributed by atoms with Crippen LogP contribution in [0.1, 0.15) is 49.8 Å². The second-order valence-electron chi connectivity index (χ2n) is 6.74. The summed E-state index contributed by atoms with van der Waals surface area (Å²) in [7, 11) is 0. The highest BCUT2D eigenvalue weighted by atomic mass is 16.5. The maximum atomic E-state index is 5.91. The number of fused-ring (bicyclic) bond motifs is 1. The molecule has 0 bridgehead atoms. The third-order valence-corrected chi connectivity index (χ3v) is 4.40. The zero-order chi connectivity index (χ0) is 16.2. The molecule has 2 nitrogen and oxygen atoms in total. The topological polar surface area (TPSA) is 21.6 Å². The number of nitrogens with zero attached hydrogens (tertiary/aromatic N) is 1. The van der Waals surface area contributed by atoms with Gasteiger partial charge in [0.2, 0.25) is 0 Å². The summed E-state index contributed by atoms with van der Waals surface area (Å²) in [6.07, 6.45) is 1.16. The van der Waals surface area contributed by atoms with E-state index in [0.29, 0.717) is 11.8 Å². The average Bonchev–Trinajstić information content (AvgIpc) is 2.96. The van der Waals surface area contributed by atoms with Crippen LogP contribution < -0.4 is 4.74 Å². The summed E-state index contributed by atoms with van der Waals surface area (Å²) < 4.78 is 5.91. The van der Waals surface area contributed by atoms with Crippen molar-refractivity contribution in [3.8, 4) is 5.75 Å². The second kappa shape index (κ2) is 6.99. The summed E-state index contributed by atoms with van der Waals surface area (Å²) >= 11 is 0. The Bertz CT molecular complexity index is 688. The van der Waals surface area contributed by atoms with Gasteiger partial charge in [-0.3, -0.25) is 4.99 Å². The predicted octanol–water partition coefficient (Wildman–Crippen LogP) is 5.22. The summed E-state index contributed by atoms with van der Waals surface area (Å²) in [6.45, 7) is 8.19. The van der Waals surface area contributed by atoms with Crippen LogP contribution in [0.5, 0.6) is 5.75 Å². The molecule has 0 saturated heterocycles. The fraction of sp³-hybridized carbons (Fsp3) is 0.381. The molecule has 0 aromatic heterocycles. The molecular formula is C21H25NO. The first-order valence-corrected chi connectivity index (χ1v) is 8.46. The zero-order valence-electron chi connectivity index (χ0n) is 14.3. The van der Waals surface area contributed by atoms with Crippen LogP contribution in [-0.4, -0.2) is 12.3 Å². The highest BCUT2D eigenvalue weighted by Crippen LogP contribution is 2.40. The van der Waals surface area contributed by atoms with E-state index < -0.39 is 0 Å². The van der Waals surface area contributed by atoms with Crippen LogP contribution in [0.2, 0.25) is 0 Å². The van der Waals surface area contributed by atoms with E-state index in [1.807, 2.05) is 6.07 Å². The van der Waals surface area contributed by atoms with Crippen LogP contribution in [0.3, 0.4) is 0 Å². The van der Waals surface area contributed by atoms with Crippen molar-refractivity contribution in [1.29, 1.82) is 0 Å². The number of ether oxygens (including phenoxy) is 1. The van der Waals surface area contributed by atoms with Gasteiger partial charge in [-0.1, -0.05) is 56.3 Å². The van der Waals surface area contributed by atoms with E-state index in [1.54, 1.807) is 0 Å². The molecule has 0 radical (unpaired) electrons. The highest BCUT2D eigenvalue weighted by molar-refractivity contribution is 6.01. The molecule has 0 amide bonds. The minimum Gasteiger partial charge on any atom is -0.493 e. The van der Waals surface area contributed by atoms with Gasteiger partial charge in [0, 0.05) is 22.8 Å². The van der Waals surface area contributed by atoms with Crippen LogP contribution in [0, 0.1) is 5.92 Å². The van der Waals surface area contributed by atoms with E-state index in [1.165, 1.54) is 16.7 Å². The van der Waals surface area contributed by atoms with E-state index >= 15 is 0 Å². The Kier molecular flexibility index (Phi) is 4.80. The van der Waals surface area contributed by atoms with Crippen molar-refractivity contribution in [1.82, 2.24) is 0 Å². The Morgan fingerprint density at radius 1 is 1.13 bits per heavy atom. The smallest absolute Gasteiger partial charge is 0.123 e. The highest BCUT2D eigenvalue weighted by Gasteiger charge is 2.28. The summed E-state index contributed by atoms with van der Waals surface area (Å²) in [4.78, 5) is 4.82. The Labute approximate surface area is 139 Å². The molecule has 1 atom stereocenters. The summed E-state index contributed by atoms with van der Waals surface area (Å²) in [6, 6.07) is 16.8. The van der Waals surface area contributed by atoms with Crippen molar-refractivity contribution >= 4 is 5.71 Å². The SMILES string of the molecule is CC(=NCc1ccccc1)c1cccc2c1[C@@H](CC(C)C)CO2. The Hall–Kier alpha value is -2.09. The summed E-state index contributed by atoms with van der Waals surface area (Å²) in [5, 5.41) is 0. The number of hydrogen-bond acceptors (Lipinski definition) is 2. The number of aliphatic imine (C=N–C) groups is 1. The summed E-state index contributed by atoms with van der Waals surface area (Å²) in [5.41, 5.74) is 4.96. The van der Waals surface area contributed by atoms with Gasteiger partial charge in [-0.05, 0) is 30.9 Å². The molecule has 2 heteroatoms. The van der Waals surface area contributed by atoms with Gasteiger partial charge in [-0.25, -0.2) is 0 Å². The minimum absolute atomic E-state index is 0.489. The standard InChI is InChI=1S/C21H25NO/c1-15(2)12-18-14-23-20-11-7-10-19(21(18)20)16(3)22-13-17-8-5-4-6-9-17/h4-11,15,18H,12-14H2,1-3H3/t18-/m0/s1. The third kappa shape index (κ3) is 3.64. The van der Waals surface area contributed by atoms with Gasteiger partial charge >= 0.3 is 0 Å². The van der Waals surface area contributed by atoms with E-state index in [-0.39, 0.29) is 0 Å². The third-order valence-electron chi connectivity index (χ3n) is 4.40. The molecule has 1 aliphatic heterocycles. The molecule has 2 aromatic rings. The monoisotopic (exact) mass is 307 g/mol. The largest absolute Gasteiger partial charge is 0.493 e. The van der Waals surface area contributed by atoms with Gasteiger partial charge in [0.1, 0.15) is 5.75 Å². The lowest BCUT2D eigenvalue weighted by Gasteiger charge is -2.15. The quantitative estimate of drug-likeness (QED) is 0.694. The molecule has 2 aromatic carbocycles. The summed E-state index contributed by atoms with van der Waals surface area (Å²) in [5.74, 6) is 2.20. The normalized spacial score (nSPS) is 17.2. The molecule has 0 fully saturated rings. The lowest BCUT2D eigenvalue weighted by molar-refractivity contribution is 0.313. The first-order chi connectivity index (χ1) is 11.1. The van der Waals surface area contributed by atoms with Gasteiger partial charge in [0.25, 0.3) is 0 Å². The number of benzene rings is 2. The lowest BCUT2D eigenvalue weighted by Crippen LogP contribution is -2.08. The molecule has 1 heterocycles. The van der Waals surface area contributed by atoms with Crippen LogP contribution in [-0.2, 0) is 6.54 Å². The van der Waals surface area contributed by atoms with Gasteiger partial charge in [-0.15, -0.1) is 0 Å². The van der Waals surface area contributed by atoms with E-state index in [9.17, 15) is 0 Å². The Morgan fingerprint density at radius 2 is 1.91 bits per heavy atom. The maximum Gasteiger partial charge on any atom is 0.123 e. The van der Waals surface area contributed by atoms with Crippen LogP contribution >= 0.6 is 0 Å². The van der Waals surface area contributed by atoms with Gasteiger partial charge in [0.15, 0.2) is 0 Å². The predicted molar refractivity (Wildman–Crippen MR) is 96.5 cm³/mol. The number of rotatable bonds is 5. The van der Waals surface area contributed by atoms with Crippen LogP contribution in [0.25, 0.3) is 0 Å². The lowest BCUT2D eigenvalue weighted by atomic mass is 9.88.